The zero-order chi connectivity index (χ0) is 13.7. The summed E-state index contributed by atoms with van der Waals surface area (Å²) in [6.07, 6.45) is 3.40. The van der Waals surface area contributed by atoms with Crippen LogP contribution in [0.5, 0.6) is 0 Å². The van der Waals surface area contributed by atoms with E-state index in [-0.39, 0.29) is 11.9 Å². The zero-order valence-corrected chi connectivity index (χ0v) is 12.9. The van der Waals surface area contributed by atoms with Gasteiger partial charge >= 0.3 is 0 Å². The van der Waals surface area contributed by atoms with Gasteiger partial charge in [0, 0.05) is 15.4 Å². The number of carbonyl (C=O) groups excluding carboxylic acids is 1. The molecule has 0 aliphatic rings. The Morgan fingerprint density at radius 1 is 1.32 bits per heavy atom. The van der Waals surface area contributed by atoms with E-state index in [1.807, 2.05) is 54.8 Å². The van der Waals surface area contributed by atoms with Gasteiger partial charge in [0.1, 0.15) is 0 Å². The molecule has 2 nitrogen and oxygen atoms in total. The molecule has 0 aliphatic carbocycles. The summed E-state index contributed by atoms with van der Waals surface area (Å²) in [5.41, 5.74) is 1.08. The van der Waals surface area contributed by atoms with E-state index in [0.29, 0.717) is 0 Å². The summed E-state index contributed by atoms with van der Waals surface area (Å²) in [6.45, 7) is 1.97. The first kappa shape index (κ1) is 14.0. The topological polar surface area (TPSA) is 29.1 Å². The molecule has 98 valence electrons. The van der Waals surface area contributed by atoms with E-state index in [9.17, 15) is 4.79 Å². The van der Waals surface area contributed by atoms with Crippen molar-refractivity contribution in [2.75, 3.05) is 0 Å². The third-order valence-corrected chi connectivity index (χ3v) is 4.04. The number of carbonyl (C=O) groups is 1. The van der Waals surface area contributed by atoms with Gasteiger partial charge in [0.25, 0.3) is 0 Å². The minimum atomic E-state index is -0.0798. The van der Waals surface area contributed by atoms with Crippen LogP contribution in [0, 0.1) is 0 Å². The molecular weight excluding hydrogens is 322 g/mol. The Labute approximate surface area is 125 Å². The smallest absolute Gasteiger partial charge is 0.244 e. The monoisotopic (exact) mass is 335 g/mol. The van der Waals surface area contributed by atoms with Gasteiger partial charge in [0.05, 0.1) is 6.04 Å². The van der Waals surface area contributed by atoms with Crippen LogP contribution in [-0.4, -0.2) is 5.91 Å². The molecule has 19 heavy (non-hydrogen) atoms. The Kier molecular flexibility index (Phi) is 4.93. The van der Waals surface area contributed by atoms with E-state index in [4.69, 9.17) is 0 Å². The summed E-state index contributed by atoms with van der Waals surface area (Å²) in [6, 6.07) is 11.9. The van der Waals surface area contributed by atoms with Gasteiger partial charge in [-0.05, 0) is 42.1 Å². The predicted molar refractivity (Wildman–Crippen MR) is 84.1 cm³/mol. The molecule has 1 amide bonds. The number of hydrogen-bond acceptors (Lipinski definition) is 2. The first-order valence-corrected chi connectivity index (χ1v) is 7.60. The van der Waals surface area contributed by atoms with Crippen molar-refractivity contribution in [1.29, 1.82) is 0 Å². The zero-order valence-electron chi connectivity index (χ0n) is 10.5. The molecule has 0 aliphatic heterocycles. The quantitative estimate of drug-likeness (QED) is 0.824. The van der Waals surface area contributed by atoms with Crippen molar-refractivity contribution in [3.05, 3.63) is 62.8 Å². The van der Waals surface area contributed by atoms with E-state index < -0.39 is 0 Å². The normalized spacial score (nSPS) is 12.5. The third-order valence-electron chi connectivity index (χ3n) is 2.67. The highest BCUT2D eigenvalue weighted by molar-refractivity contribution is 9.10. The molecule has 0 bridgehead atoms. The summed E-state index contributed by atoms with van der Waals surface area (Å²) in [5.74, 6) is -0.0798. The average molecular weight is 336 g/mol. The van der Waals surface area contributed by atoms with Gasteiger partial charge in [0.2, 0.25) is 5.91 Å². The SMILES string of the molecule is C[C@H](NC(=O)/C=C\c1cccs1)c1ccc(Br)cc1. The lowest BCUT2D eigenvalue weighted by atomic mass is 10.1. The number of amides is 1. The Bertz CT molecular complexity index is 560. The van der Waals surface area contributed by atoms with Crippen LogP contribution in [0.15, 0.2) is 52.3 Å². The maximum Gasteiger partial charge on any atom is 0.244 e. The molecule has 1 aromatic heterocycles. The van der Waals surface area contributed by atoms with Crippen LogP contribution in [0.2, 0.25) is 0 Å². The number of rotatable bonds is 4. The summed E-state index contributed by atoms with van der Waals surface area (Å²) in [5, 5.41) is 4.93. The molecule has 0 spiro atoms. The van der Waals surface area contributed by atoms with Crippen molar-refractivity contribution < 1.29 is 4.79 Å². The largest absolute Gasteiger partial charge is 0.346 e. The van der Waals surface area contributed by atoms with Crippen LogP contribution >= 0.6 is 27.3 Å². The van der Waals surface area contributed by atoms with Crippen molar-refractivity contribution in [1.82, 2.24) is 5.32 Å². The van der Waals surface area contributed by atoms with Gasteiger partial charge in [-0.15, -0.1) is 11.3 Å². The Morgan fingerprint density at radius 3 is 2.68 bits per heavy atom. The molecule has 1 heterocycles. The fraction of sp³-hybridized carbons (Fsp3) is 0.133. The highest BCUT2D eigenvalue weighted by atomic mass is 79.9. The first-order chi connectivity index (χ1) is 9.15. The third kappa shape index (κ3) is 4.33. The number of benzene rings is 1. The second-order valence-electron chi connectivity index (χ2n) is 4.13. The molecule has 4 heteroatoms. The molecule has 0 unspecified atom stereocenters. The van der Waals surface area contributed by atoms with Crippen molar-refractivity contribution in [3.8, 4) is 0 Å². The van der Waals surface area contributed by atoms with E-state index >= 15 is 0 Å². The molecule has 0 radical (unpaired) electrons. The number of hydrogen-bond donors (Lipinski definition) is 1. The van der Waals surface area contributed by atoms with E-state index in [2.05, 4.69) is 21.2 Å². The highest BCUT2D eigenvalue weighted by Crippen LogP contribution is 2.16. The molecule has 2 aromatic rings. The molecule has 1 atom stereocenters. The Hall–Kier alpha value is -1.39. The molecule has 2 rings (SSSR count). The lowest BCUT2D eigenvalue weighted by Gasteiger charge is -2.12. The van der Waals surface area contributed by atoms with Gasteiger partial charge in [-0.3, -0.25) is 4.79 Å². The van der Waals surface area contributed by atoms with Gasteiger partial charge in [-0.2, -0.15) is 0 Å². The van der Waals surface area contributed by atoms with E-state index in [0.717, 1.165) is 14.9 Å². The van der Waals surface area contributed by atoms with Crippen molar-refractivity contribution >= 4 is 39.2 Å². The minimum Gasteiger partial charge on any atom is -0.346 e. The number of nitrogens with one attached hydrogen (secondary N) is 1. The second kappa shape index (κ2) is 6.68. The van der Waals surface area contributed by atoms with Gasteiger partial charge in [-0.1, -0.05) is 34.1 Å². The maximum absolute atomic E-state index is 11.8. The Balaban J connectivity index is 1.93. The first-order valence-electron chi connectivity index (χ1n) is 5.93. The fourth-order valence-corrected chi connectivity index (χ4v) is 2.52. The molecule has 0 saturated carbocycles. The van der Waals surface area contributed by atoms with Crippen molar-refractivity contribution in [2.45, 2.75) is 13.0 Å². The number of thiophene rings is 1. The second-order valence-corrected chi connectivity index (χ2v) is 6.03. The summed E-state index contributed by atoms with van der Waals surface area (Å²) < 4.78 is 1.03. The Morgan fingerprint density at radius 2 is 2.05 bits per heavy atom. The van der Waals surface area contributed by atoms with Crippen LogP contribution < -0.4 is 5.32 Å². The standard InChI is InChI=1S/C15H14BrNOS/c1-11(12-4-6-13(16)7-5-12)17-15(18)9-8-14-3-2-10-19-14/h2-11H,1H3,(H,17,18)/b9-8-/t11-/m0/s1. The fourth-order valence-electron chi connectivity index (χ4n) is 1.64. The average Bonchev–Trinajstić information content (AvgIpc) is 2.90. The van der Waals surface area contributed by atoms with Gasteiger partial charge in [-0.25, -0.2) is 0 Å². The lowest BCUT2D eigenvalue weighted by molar-refractivity contribution is -0.117. The van der Waals surface area contributed by atoms with Crippen LogP contribution in [-0.2, 0) is 4.79 Å². The summed E-state index contributed by atoms with van der Waals surface area (Å²) in [4.78, 5) is 12.9. The lowest BCUT2D eigenvalue weighted by Crippen LogP contribution is -2.24. The summed E-state index contributed by atoms with van der Waals surface area (Å²) >= 11 is 5.00. The maximum atomic E-state index is 11.8. The minimum absolute atomic E-state index is 0.00594. The van der Waals surface area contributed by atoms with E-state index in [1.165, 1.54) is 0 Å². The van der Waals surface area contributed by atoms with Gasteiger partial charge < -0.3 is 5.32 Å². The van der Waals surface area contributed by atoms with Crippen LogP contribution in [0.3, 0.4) is 0 Å². The van der Waals surface area contributed by atoms with Crippen LogP contribution in [0.1, 0.15) is 23.4 Å². The molecular formula is C15H14BrNOS. The molecule has 0 saturated heterocycles. The van der Waals surface area contributed by atoms with Crippen molar-refractivity contribution in [3.63, 3.8) is 0 Å². The predicted octanol–water partition coefficient (Wildman–Crippen LogP) is 4.40. The summed E-state index contributed by atoms with van der Waals surface area (Å²) in [7, 11) is 0. The van der Waals surface area contributed by atoms with Gasteiger partial charge in [0.15, 0.2) is 0 Å². The van der Waals surface area contributed by atoms with Crippen molar-refractivity contribution in [2.24, 2.45) is 0 Å². The molecule has 1 N–H and O–H groups in total. The van der Waals surface area contributed by atoms with Crippen LogP contribution in [0.25, 0.3) is 6.08 Å². The van der Waals surface area contributed by atoms with E-state index in [1.54, 1.807) is 17.4 Å². The molecule has 1 aromatic carbocycles. The highest BCUT2D eigenvalue weighted by Gasteiger charge is 2.06. The molecule has 0 fully saturated rings. The number of halogens is 1. The van der Waals surface area contributed by atoms with Crippen LogP contribution in [0.4, 0.5) is 0 Å².